The van der Waals surface area contributed by atoms with Crippen molar-refractivity contribution in [3.05, 3.63) is 48.0 Å². The number of amides is 1. The van der Waals surface area contributed by atoms with Gasteiger partial charge in [0.15, 0.2) is 16.6 Å². The number of anilines is 1. The molecule has 0 spiro atoms. The first-order valence-corrected chi connectivity index (χ1v) is 10.4. The maximum Gasteiger partial charge on any atom is 0.251 e. The van der Waals surface area contributed by atoms with Crippen molar-refractivity contribution in [2.75, 3.05) is 31.2 Å². The van der Waals surface area contributed by atoms with Gasteiger partial charge in [-0.05, 0) is 43.2 Å². The molecule has 1 N–H and O–H groups in total. The molecule has 3 heterocycles. The van der Waals surface area contributed by atoms with E-state index in [9.17, 15) is 4.79 Å². The summed E-state index contributed by atoms with van der Waals surface area (Å²) in [7, 11) is 0. The molecule has 0 aliphatic carbocycles. The summed E-state index contributed by atoms with van der Waals surface area (Å²) in [6, 6.07) is 13.8. The molecule has 2 aliphatic rings. The van der Waals surface area contributed by atoms with Gasteiger partial charge in [0.1, 0.15) is 13.2 Å². The molecule has 5 rings (SSSR count). The van der Waals surface area contributed by atoms with Crippen molar-refractivity contribution in [2.24, 2.45) is 0 Å². The summed E-state index contributed by atoms with van der Waals surface area (Å²) in [5.41, 5.74) is 1.66. The lowest BCUT2D eigenvalue weighted by molar-refractivity contribution is 0.0930. The van der Waals surface area contributed by atoms with Crippen molar-refractivity contribution in [3.63, 3.8) is 0 Å². The van der Waals surface area contributed by atoms with Gasteiger partial charge in [0.2, 0.25) is 0 Å². The summed E-state index contributed by atoms with van der Waals surface area (Å²) < 4.78 is 12.3. The molecular formula is C21H21N3O3S. The van der Waals surface area contributed by atoms with Crippen LogP contribution in [0.4, 0.5) is 5.13 Å². The van der Waals surface area contributed by atoms with Crippen LogP contribution in [0.5, 0.6) is 11.5 Å². The van der Waals surface area contributed by atoms with Gasteiger partial charge in [0.05, 0.1) is 10.2 Å². The smallest absolute Gasteiger partial charge is 0.251 e. The molecule has 0 unspecified atom stereocenters. The van der Waals surface area contributed by atoms with Gasteiger partial charge in [0.25, 0.3) is 5.91 Å². The third-order valence-corrected chi connectivity index (χ3v) is 6.28. The Kier molecular flexibility index (Phi) is 4.52. The summed E-state index contributed by atoms with van der Waals surface area (Å²) in [4.78, 5) is 19.7. The van der Waals surface area contributed by atoms with Crippen LogP contribution in [0.25, 0.3) is 10.2 Å². The summed E-state index contributed by atoms with van der Waals surface area (Å²) in [6.07, 6.45) is 1.82. The minimum atomic E-state index is -0.0598. The second-order valence-electron chi connectivity index (χ2n) is 7.06. The van der Waals surface area contributed by atoms with Gasteiger partial charge in [-0.2, -0.15) is 0 Å². The standard InChI is InChI=1S/C21H21N3O3S/c25-20(14-5-6-17-18(13-14)27-12-11-26-17)22-15-7-9-24(10-8-15)21-23-16-3-1-2-4-19(16)28-21/h1-6,13,15H,7-12H2,(H,22,25). The number of rotatable bonds is 3. The van der Waals surface area contributed by atoms with Crippen LogP contribution >= 0.6 is 11.3 Å². The van der Waals surface area contributed by atoms with Crippen molar-refractivity contribution in [2.45, 2.75) is 18.9 Å². The van der Waals surface area contributed by atoms with Crippen LogP contribution in [-0.4, -0.2) is 43.2 Å². The van der Waals surface area contributed by atoms with Gasteiger partial charge >= 0.3 is 0 Å². The van der Waals surface area contributed by atoms with E-state index >= 15 is 0 Å². The maximum atomic E-state index is 12.6. The molecule has 0 atom stereocenters. The number of nitrogens with one attached hydrogen (secondary N) is 1. The van der Waals surface area contributed by atoms with Gasteiger partial charge in [-0.1, -0.05) is 23.5 Å². The topological polar surface area (TPSA) is 63.7 Å². The third-order valence-electron chi connectivity index (χ3n) is 5.19. The molecule has 2 aromatic carbocycles. The van der Waals surface area contributed by atoms with Crippen molar-refractivity contribution >= 4 is 32.6 Å². The summed E-state index contributed by atoms with van der Waals surface area (Å²) in [5.74, 6) is 1.28. The Bertz CT molecular complexity index is 978. The van der Waals surface area contributed by atoms with E-state index in [1.807, 2.05) is 12.1 Å². The van der Waals surface area contributed by atoms with E-state index in [1.54, 1.807) is 29.5 Å². The van der Waals surface area contributed by atoms with Crippen LogP contribution in [-0.2, 0) is 0 Å². The predicted molar refractivity (Wildman–Crippen MR) is 110 cm³/mol. The Morgan fingerprint density at radius 2 is 1.86 bits per heavy atom. The average Bonchev–Trinajstić information content (AvgIpc) is 3.18. The molecule has 2 aliphatic heterocycles. The molecule has 1 amide bonds. The second-order valence-corrected chi connectivity index (χ2v) is 8.07. The first kappa shape index (κ1) is 17.3. The Balaban J connectivity index is 1.20. The fourth-order valence-electron chi connectivity index (χ4n) is 3.66. The number of piperidine rings is 1. The van der Waals surface area contributed by atoms with Crippen molar-refractivity contribution < 1.29 is 14.3 Å². The average molecular weight is 395 g/mol. The number of benzene rings is 2. The molecule has 1 saturated heterocycles. The lowest BCUT2D eigenvalue weighted by atomic mass is 10.0. The highest BCUT2D eigenvalue weighted by atomic mass is 32.1. The van der Waals surface area contributed by atoms with Gasteiger partial charge < -0.3 is 19.7 Å². The number of fused-ring (bicyclic) bond motifs is 2. The number of carbonyl (C=O) groups is 1. The zero-order valence-corrected chi connectivity index (χ0v) is 16.2. The number of thiazole rings is 1. The first-order valence-electron chi connectivity index (χ1n) is 9.57. The van der Waals surface area contributed by atoms with Crippen LogP contribution in [0.1, 0.15) is 23.2 Å². The molecule has 1 aromatic heterocycles. The number of aromatic nitrogens is 1. The number of carbonyl (C=O) groups excluding carboxylic acids is 1. The fraction of sp³-hybridized carbons (Fsp3) is 0.333. The molecule has 0 saturated carbocycles. The van der Waals surface area contributed by atoms with Crippen LogP contribution < -0.4 is 19.7 Å². The van der Waals surface area contributed by atoms with Crippen molar-refractivity contribution in [3.8, 4) is 11.5 Å². The summed E-state index contributed by atoms with van der Waals surface area (Å²) >= 11 is 1.73. The normalized spacial score (nSPS) is 16.9. The maximum absolute atomic E-state index is 12.6. The Morgan fingerprint density at radius 3 is 2.68 bits per heavy atom. The second kappa shape index (κ2) is 7.31. The van der Waals surface area contributed by atoms with Gasteiger partial charge in [0, 0.05) is 24.7 Å². The molecule has 6 nitrogen and oxygen atoms in total. The number of ether oxygens (including phenoxy) is 2. The molecule has 28 heavy (non-hydrogen) atoms. The number of hydrogen-bond acceptors (Lipinski definition) is 6. The van der Waals surface area contributed by atoms with Crippen LogP contribution in [0, 0.1) is 0 Å². The van der Waals surface area contributed by atoms with Gasteiger partial charge in [-0.3, -0.25) is 4.79 Å². The zero-order chi connectivity index (χ0) is 18.9. The summed E-state index contributed by atoms with van der Waals surface area (Å²) in [6.45, 7) is 2.85. The van der Waals surface area contributed by atoms with Gasteiger partial charge in [-0.15, -0.1) is 0 Å². The largest absolute Gasteiger partial charge is 0.486 e. The van der Waals surface area contributed by atoms with E-state index in [0.29, 0.717) is 30.3 Å². The van der Waals surface area contributed by atoms with E-state index < -0.39 is 0 Å². The van der Waals surface area contributed by atoms with Crippen LogP contribution in [0.15, 0.2) is 42.5 Å². The minimum Gasteiger partial charge on any atom is -0.486 e. The van der Waals surface area contributed by atoms with E-state index in [1.165, 1.54) is 4.70 Å². The highest BCUT2D eigenvalue weighted by Crippen LogP contribution is 2.32. The molecule has 0 bridgehead atoms. The predicted octanol–water partition coefficient (Wildman–Crippen LogP) is 3.47. The Morgan fingerprint density at radius 1 is 1.07 bits per heavy atom. The molecule has 0 radical (unpaired) electrons. The first-order chi connectivity index (χ1) is 13.8. The molecular weight excluding hydrogens is 374 g/mol. The van der Waals surface area contributed by atoms with E-state index in [-0.39, 0.29) is 11.9 Å². The van der Waals surface area contributed by atoms with E-state index in [4.69, 9.17) is 14.5 Å². The fourth-order valence-corrected chi connectivity index (χ4v) is 4.68. The quantitative estimate of drug-likeness (QED) is 0.736. The van der Waals surface area contributed by atoms with Crippen molar-refractivity contribution in [1.82, 2.24) is 10.3 Å². The van der Waals surface area contributed by atoms with Gasteiger partial charge in [-0.25, -0.2) is 4.98 Å². The SMILES string of the molecule is O=C(NC1CCN(c2nc3ccccc3s2)CC1)c1ccc2c(c1)OCCO2. The third kappa shape index (κ3) is 3.38. The molecule has 3 aromatic rings. The number of hydrogen-bond donors (Lipinski definition) is 1. The number of para-hydroxylation sites is 1. The van der Waals surface area contributed by atoms with E-state index in [2.05, 4.69) is 22.3 Å². The Labute approximate surface area is 167 Å². The molecule has 1 fully saturated rings. The lowest BCUT2D eigenvalue weighted by Crippen LogP contribution is -2.44. The summed E-state index contributed by atoms with van der Waals surface area (Å²) in [5, 5.41) is 4.23. The lowest BCUT2D eigenvalue weighted by Gasteiger charge is -2.32. The molecule has 144 valence electrons. The monoisotopic (exact) mass is 395 g/mol. The highest BCUT2D eigenvalue weighted by Gasteiger charge is 2.24. The molecule has 7 heteroatoms. The van der Waals surface area contributed by atoms with Crippen LogP contribution in [0.3, 0.4) is 0 Å². The highest BCUT2D eigenvalue weighted by molar-refractivity contribution is 7.22. The van der Waals surface area contributed by atoms with Crippen LogP contribution in [0.2, 0.25) is 0 Å². The Hall–Kier alpha value is -2.80. The number of nitrogens with zero attached hydrogens (tertiary/aromatic N) is 2. The zero-order valence-electron chi connectivity index (χ0n) is 15.4. The van der Waals surface area contributed by atoms with Crippen molar-refractivity contribution in [1.29, 1.82) is 0 Å². The minimum absolute atomic E-state index is 0.0598. The van der Waals surface area contributed by atoms with E-state index in [0.717, 1.165) is 36.6 Å².